The van der Waals surface area contributed by atoms with E-state index in [0.717, 1.165) is 13.1 Å². The summed E-state index contributed by atoms with van der Waals surface area (Å²) in [4.78, 5) is 18.2. The molecule has 3 rings (SSSR count). The lowest BCUT2D eigenvalue weighted by molar-refractivity contribution is 0.0503. The van der Waals surface area contributed by atoms with Crippen LogP contribution in [0.3, 0.4) is 0 Å². The molecule has 18 heavy (non-hydrogen) atoms. The maximum atomic E-state index is 12.4. The molecule has 2 unspecified atom stereocenters. The maximum absolute atomic E-state index is 12.4. The zero-order valence-electron chi connectivity index (χ0n) is 10.4. The van der Waals surface area contributed by atoms with Crippen molar-refractivity contribution in [1.29, 1.82) is 0 Å². The van der Waals surface area contributed by atoms with Crippen LogP contribution in [0.25, 0.3) is 0 Å². The minimum atomic E-state index is 0.00926. The highest BCUT2D eigenvalue weighted by molar-refractivity contribution is 5.94. The van der Waals surface area contributed by atoms with Gasteiger partial charge in [-0.1, -0.05) is 6.42 Å². The van der Waals surface area contributed by atoms with Crippen LogP contribution in [-0.4, -0.2) is 34.0 Å². The molecular formula is C14H18N2O2. The van der Waals surface area contributed by atoms with Crippen molar-refractivity contribution in [2.75, 3.05) is 13.1 Å². The third-order valence-corrected chi connectivity index (χ3v) is 4.11. The van der Waals surface area contributed by atoms with E-state index in [0.29, 0.717) is 17.4 Å². The molecule has 0 radical (unpaired) electrons. The fraction of sp³-hybridized carbons (Fsp3) is 0.571. The number of hydrogen-bond donors (Lipinski definition) is 1. The fourth-order valence-electron chi connectivity index (χ4n) is 3.32. The van der Waals surface area contributed by atoms with Crippen molar-refractivity contribution in [2.24, 2.45) is 11.8 Å². The van der Waals surface area contributed by atoms with Crippen molar-refractivity contribution in [3.05, 3.63) is 24.0 Å². The third-order valence-electron chi connectivity index (χ3n) is 4.11. The number of pyridine rings is 1. The van der Waals surface area contributed by atoms with E-state index in [1.54, 1.807) is 0 Å². The van der Waals surface area contributed by atoms with Gasteiger partial charge in [0.2, 0.25) is 0 Å². The molecule has 1 aromatic rings. The predicted octanol–water partition coefficient (Wildman–Crippen LogP) is 2.05. The van der Waals surface area contributed by atoms with Crippen LogP contribution < -0.4 is 0 Å². The highest BCUT2D eigenvalue weighted by Crippen LogP contribution is 2.34. The summed E-state index contributed by atoms with van der Waals surface area (Å²) >= 11 is 0. The predicted molar refractivity (Wildman–Crippen MR) is 67.3 cm³/mol. The van der Waals surface area contributed by atoms with E-state index in [2.05, 4.69) is 4.98 Å². The lowest BCUT2D eigenvalue weighted by Crippen LogP contribution is -2.45. The third kappa shape index (κ3) is 2.19. The Labute approximate surface area is 107 Å². The number of likely N-dealkylation sites (tertiary alicyclic amines) is 1. The summed E-state index contributed by atoms with van der Waals surface area (Å²) in [5.41, 5.74) is 0.495. The van der Waals surface area contributed by atoms with E-state index in [1.807, 2.05) is 4.90 Å². The summed E-state index contributed by atoms with van der Waals surface area (Å²) in [7, 11) is 0. The molecule has 0 spiro atoms. The highest BCUT2D eigenvalue weighted by atomic mass is 16.3. The molecule has 2 heterocycles. The molecule has 0 aromatic carbocycles. The largest absolute Gasteiger partial charge is 0.506 e. The summed E-state index contributed by atoms with van der Waals surface area (Å²) < 4.78 is 0. The minimum Gasteiger partial charge on any atom is -0.506 e. The van der Waals surface area contributed by atoms with Crippen LogP contribution in [0.4, 0.5) is 0 Å². The van der Waals surface area contributed by atoms with Gasteiger partial charge in [-0.2, -0.15) is 0 Å². The molecule has 1 saturated heterocycles. The van der Waals surface area contributed by atoms with Gasteiger partial charge in [0.15, 0.2) is 0 Å². The summed E-state index contributed by atoms with van der Waals surface area (Å²) in [6.45, 7) is 1.73. The number of aromatic hydroxyl groups is 1. The van der Waals surface area contributed by atoms with Crippen molar-refractivity contribution >= 4 is 5.91 Å². The Morgan fingerprint density at radius 1 is 1.28 bits per heavy atom. The average Bonchev–Trinajstić information content (AvgIpc) is 2.37. The monoisotopic (exact) mass is 246 g/mol. The van der Waals surface area contributed by atoms with Crippen molar-refractivity contribution in [1.82, 2.24) is 9.88 Å². The first-order valence-electron chi connectivity index (χ1n) is 6.65. The Morgan fingerprint density at radius 2 is 2.00 bits per heavy atom. The summed E-state index contributed by atoms with van der Waals surface area (Å²) in [6, 6.07) is 1.50. The number of nitrogens with zero attached hydrogens (tertiary/aromatic N) is 2. The molecule has 1 saturated carbocycles. The Hall–Kier alpha value is -1.58. The SMILES string of the molecule is O=C(c1cncc(O)c1)N1CC2CCCC(C2)C1. The first-order valence-corrected chi connectivity index (χ1v) is 6.65. The Balaban J connectivity index is 1.76. The van der Waals surface area contributed by atoms with Crippen LogP contribution in [0.5, 0.6) is 5.75 Å². The van der Waals surface area contributed by atoms with Gasteiger partial charge in [0, 0.05) is 19.3 Å². The molecule has 1 aliphatic carbocycles. The Kier molecular flexibility index (Phi) is 2.94. The quantitative estimate of drug-likeness (QED) is 0.825. The minimum absolute atomic E-state index is 0.00926. The number of aromatic nitrogens is 1. The van der Waals surface area contributed by atoms with Crippen molar-refractivity contribution < 1.29 is 9.90 Å². The lowest BCUT2D eigenvalue weighted by atomic mass is 9.78. The topological polar surface area (TPSA) is 53.4 Å². The number of fused-ring (bicyclic) bond motifs is 2. The molecule has 2 aliphatic rings. The van der Waals surface area contributed by atoms with Gasteiger partial charge in [-0.25, -0.2) is 0 Å². The van der Waals surface area contributed by atoms with Crippen molar-refractivity contribution in [2.45, 2.75) is 25.7 Å². The maximum Gasteiger partial charge on any atom is 0.255 e. The van der Waals surface area contributed by atoms with Crippen LogP contribution in [0.15, 0.2) is 18.5 Å². The summed E-state index contributed by atoms with van der Waals surface area (Å²) in [5, 5.41) is 9.39. The summed E-state index contributed by atoms with van der Waals surface area (Å²) in [5.74, 6) is 1.41. The molecule has 2 bridgehead atoms. The normalized spacial score (nSPS) is 27.0. The van der Waals surface area contributed by atoms with Crippen molar-refractivity contribution in [3.8, 4) is 5.75 Å². The van der Waals surface area contributed by atoms with E-state index in [4.69, 9.17) is 0 Å². The number of carbonyl (C=O) groups is 1. The molecule has 4 heteroatoms. The number of carbonyl (C=O) groups excluding carboxylic acids is 1. The highest BCUT2D eigenvalue weighted by Gasteiger charge is 2.33. The first-order chi connectivity index (χ1) is 8.72. The van der Waals surface area contributed by atoms with Crippen LogP contribution in [0, 0.1) is 11.8 Å². The van der Waals surface area contributed by atoms with Gasteiger partial charge >= 0.3 is 0 Å². The molecule has 2 atom stereocenters. The molecule has 1 N–H and O–H groups in total. The molecule has 1 aliphatic heterocycles. The Bertz CT molecular complexity index is 449. The molecular weight excluding hydrogens is 228 g/mol. The van der Waals surface area contributed by atoms with Crippen LogP contribution >= 0.6 is 0 Å². The standard InChI is InChI=1S/C14H18N2O2/c17-13-5-12(6-15-7-13)14(18)16-8-10-2-1-3-11(4-10)9-16/h5-7,10-11,17H,1-4,8-9H2. The lowest BCUT2D eigenvalue weighted by Gasteiger charge is -2.41. The first kappa shape index (κ1) is 11.5. The molecule has 2 fully saturated rings. The number of piperidine rings is 1. The van der Waals surface area contributed by atoms with E-state index < -0.39 is 0 Å². The smallest absolute Gasteiger partial charge is 0.255 e. The van der Waals surface area contributed by atoms with E-state index in [-0.39, 0.29) is 11.7 Å². The van der Waals surface area contributed by atoms with Gasteiger partial charge < -0.3 is 10.0 Å². The van der Waals surface area contributed by atoms with Gasteiger partial charge in [0.25, 0.3) is 5.91 Å². The van der Waals surface area contributed by atoms with E-state index in [9.17, 15) is 9.90 Å². The molecule has 4 nitrogen and oxygen atoms in total. The van der Waals surface area contributed by atoms with Crippen molar-refractivity contribution in [3.63, 3.8) is 0 Å². The second kappa shape index (κ2) is 4.59. The number of amides is 1. The second-order valence-electron chi connectivity index (χ2n) is 5.54. The fourth-order valence-corrected chi connectivity index (χ4v) is 3.32. The second-order valence-corrected chi connectivity index (χ2v) is 5.54. The van der Waals surface area contributed by atoms with E-state index >= 15 is 0 Å². The van der Waals surface area contributed by atoms with Crippen LogP contribution in [0.2, 0.25) is 0 Å². The van der Waals surface area contributed by atoms with Crippen LogP contribution in [-0.2, 0) is 0 Å². The molecule has 1 aromatic heterocycles. The van der Waals surface area contributed by atoms with Gasteiger partial charge in [0.05, 0.1) is 11.8 Å². The van der Waals surface area contributed by atoms with Gasteiger partial charge in [-0.3, -0.25) is 9.78 Å². The summed E-state index contributed by atoms with van der Waals surface area (Å²) in [6.07, 6.45) is 7.97. The molecule has 1 amide bonds. The van der Waals surface area contributed by atoms with Gasteiger partial charge in [0.1, 0.15) is 5.75 Å². The van der Waals surface area contributed by atoms with E-state index in [1.165, 1.54) is 44.1 Å². The zero-order chi connectivity index (χ0) is 12.5. The van der Waals surface area contributed by atoms with Crippen LogP contribution in [0.1, 0.15) is 36.0 Å². The number of hydrogen-bond acceptors (Lipinski definition) is 3. The van der Waals surface area contributed by atoms with Gasteiger partial charge in [-0.15, -0.1) is 0 Å². The average molecular weight is 246 g/mol. The Morgan fingerprint density at radius 3 is 2.67 bits per heavy atom. The van der Waals surface area contributed by atoms with Gasteiger partial charge in [-0.05, 0) is 37.2 Å². The number of rotatable bonds is 1. The molecule has 96 valence electrons. The zero-order valence-corrected chi connectivity index (χ0v) is 10.4.